The van der Waals surface area contributed by atoms with Crippen molar-refractivity contribution in [2.24, 2.45) is 5.41 Å². The van der Waals surface area contributed by atoms with Gasteiger partial charge in [0.2, 0.25) is 0 Å². The van der Waals surface area contributed by atoms with E-state index in [1.165, 1.54) is 0 Å². The minimum Gasteiger partial charge on any atom is -0.481 e. The first-order chi connectivity index (χ1) is 9.95. The highest BCUT2D eigenvalue weighted by Crippen LogP contribution is 2.38. The molecule has 2 unspecified atom stereocenters. The number of carbonyl (C=O) groups excluding carboxylic acids is 1. The third kappa shape index (κ3) is 4.57. The van der Waals surface area contributed by atoms with Gasteiger partial charge < -0.3 is 24.8 Å². The van der Waals surface area contributed by atoms with E-state index >= 15 is 0 Å². The van der Waals surface area contributed by atoms with Gasteiger partial charge in [0.25, 0.3) is 0 Å². The van der Waals surface area contributed by atoms with Crippen molar-refractivity contribution >= 4 is 12.0 Å². The Bertz CT molecular complexity index is 355. The zero-order valence-electron chi connectivity index (χ0n) is 13.1. The average Bonchev–Trinajstić information content (AvgIpc) is 2.81. The molecule has 2 atom stereocenters. The van der Waals surface area contributed by atoms with E-state index in [0.717, 1.165) is 6.42 Å². The number of amides is 2. The molecule has 0 aromatic carbocycles. The summed E-state index contributed by atoms with van der Waals surface area (Å²) in [7, 11) is 3.15. The van der Waals surface area contributed by atoms with Crippen LogP contribution in [0.5, 0.6) is 0 Å². The second-order valence-corrected chi connectivity index (χ2v) is 5.59. The largest absolute Gasteiger partial charge is 0.481 e. The minimum absolute atomic E-state index is 0.261. The van der Waals surface area contributed by atoms with Gasteiger partial charge in [0.15, 0.2) is 0 Å². The molecule has 0 spiro atoms. The van der Waals surface area contributed by atoms with Crippen LogP contribution in [0.1, 0.15) is 26.2 Å². The molecule has 7 nitrogen and oxygen atoms in total. The molecule has 0 aromatic rings. The van der Waals surface area contributed by atoms with Gasteiger partial charge in [0.05, 0.1) is 18.6 Å². The molecule has 21 heavy (non-hydrogen) atoms. The molecular weight excluding hydrogens is 276 g/mol. The second kappa shape index (κ2) is 8.19. The number of hydrogen-bond donors (Lipinski definition) is 2. The highest BCUT2D eigenvalue weighted by molar-refractivity contribution is 5.79. The summed E-state index contributed by atoms with van der Waals surface area (Å²) in [5.41, 5.74) is -0.885. The van der Waals surface area contributed by atoms with Gasteiger partial charge >= 0.3 is 12.0 Å². The van der Waals surface area contributed by atoms with E-state index in [9.17, 15) is 14.7 Å². The fourth-order valence-corrected chi connectivity index (χ4v) is 2.61. The van der Waals surface area contributed by atoms with Crippen LogP contribution < -0.4 is 5.32 Å². The van der Waals surface area contributed by atoms with Crippen molar-refractivity contribution in [1.82, 2.24) is 10.2 Å². The molecule has 0 heterocycles. The van der Waals surface area contributed by atoms with E-state index in [-0.39, 0.29) is 12.1 Å². The van der Waals surface area contributed by atoms with Crippen LogP contribution in [0.2, 0.25) is 0 Å². The Balaban J connectivity index is 2.64. The zero-order valence-corrected chi connectivity index (χ0v) is 13.1. The maximum absolute atomic E-state index is 12.3. The van der Waals surface area contributed by atoms with Crippen molar-refractivity contribution in [2.75, 3.05) is 40.5 Å². The molecule has 2 amide bonds. The molecule has 0 aliphatic heterocycles. The fourth-order valence-electron chi connectivity index (χ4n) is 2.61. The van der Waals surface area contributed by atoms with E-state index in [0.29, 0.717) is 39.1 Å². The first-order valence-corrected chi connectivity index (χ1v) is 7.22. The van der Waals surface area contributed by atoms with Crippen molar-refractivity contribution < 1.29 is 24.2 Å². The topological polar surface area (TPSA) is 88.1 Å². The molecule has 1 fully saturated rings. The van der Waals surface area contributed by atoms with Gasteiger partial charge in [-0.2, -0.15) is 0 Å². The number of hydrogen-bond acceptors (Lipinski definition) is 4. The second-order valence-electron chi connectivity index (χ2n) is 5.59. The summed E-state index contributed by atoms with van der Waals surface area (Å²) in [6, 6.07) is -0.599. The Labute approximate surface area is 125 Å². The third-order valence-corrected chi connectivity index (χ3v) is 4.16. The SMILES string of the molecule is COCCN(CCOC)C(=O)NC1CCCC1(C)C(=O)O. The van der Waals surface area contributed by atoms with Crippen molar-refractivity contribution in [2.45, 2.75) is 32.2 Å². The first-order valence-electron chi connectivity index (χ1n) is 7.22. The number of nitrogens with one attached hydrogen (secondary N) is 1. The fraction of sp³-hybridized carbons (Fsp3) is 0.857. The summed E-state index contributed by atoms with van der Waals surface area (Å²) >= 11 is 0. The molecule has 2 N–H and O–H groups in total. The van der Waals surface area contributed by atoms with Crippen LogP contribution in [0.3, 0.4) is 0 Å². The Morgan fingerprint density at radius 2 is 1.86 bits per heavy atom. The molecule has 1 rings (SSSR count). The molecule has 1 aliphatic rings. The predicted octanol–water partition coefficient (Wildman–Crippen LogP) is 0.934. The lowest BCUT2D eigenvalue weighted by atomic mass is 9.85. The van der Waals surface area contributed by atoms with Gasteiger partial charge in [-0.05, 0) is 19.8 Å². The van der Waals surface area contributed by atoms with Crippen LogP contribution in [0.4, 0.5) is 4.79 Å². The number of rotatable bonds is 8. The normalized spacial score (nSPS) is 24.8. The number of nitrogens with zero attached hydrogens (tertiary/aromatic N) is 1. The van der Waals surface area contributed by atoms with Crippen molar-refractivity contribution in [3.05, 3.63) is 0 Å². The first kappa shape index (κ1) is 17.7. The van der Waals surface area contributed by atoms with Gasteiger partial charge in [-0.25, -0.2) is 4.79 Å². The molecule has 122 valence electrons. The van der Waals surface area contributed by atoms with Gasteiger partial charge in [-0.1, -0.05) is 6.42 Å². The molecule has 1 aliphatic carbocycles. The van der Waals surface area contributed by atoms with Crippen molar-refractivity contribution in [3.63, 3.8) is 0 Å². The summed E-state index contributed by atoms with van der Waals surface area (Å²) in [5.74, 6) is -0.856. The van der Waals surface area contributed by atoms with Gasteiger partial charge in [-0.15, -0.1) is 0 Å². The lowest BCUT2D eigenvalue weighted by Crippen LogP contribution is -2.52. The van der Waals surface area contributed by atoms with E-state index < -0.39 is 11.4 Å². The molecule has 1 saturated carbocycles. The van der Waals surface area contributed by atoms with Gasteiger partial charge in [-0.3, -0.25) is 4.79 Å². The number of carbonyl (C=O) groups is 2. The van der Waals surface area contributed by atoms with Crippen LogP contribution in [-0.4, -0.2) is 68.6 Å². The average molecular weight is 302 g/mol. The zero-order chi connectivity index (χ0) is 15.9. The van der Waals surface area contributed by atoms with Crippen molar-refractivity contribution in [3.8, 4) is 0 Å². The van der Waals surface area contributed by atoms with Crippen LogP contribution in [0, 0.1) is 5.41 Å². The Morgan fingerprint density at radius 1 is 1.29 bits per heavy atom. The summed E-state index contributed by atoms with van der Waals surface area (Å²) in [5, 5.41) is 12.2. The lowest BCUT2D eigenvalue weighted by molar-refractivity contribution is -0.148. The maximum atomic E-state index is 12.3. The van der Waals surface area contributed by atoms with E-state index in [4.69, 9.17) is 9.47 Å². The van der Waals surface area contributed by atoms with Crippen LogP contribution in [-0.2, 0) is 14.3 Å². The van der Waals surface area contributed by atoms with Crippen molar-refractivity contribution in [1.29, 1.82) is 0 Å². The Morgan fingerprint density at radius 3 is 2.33 bits per heavy atom. The molecule has 0 aromatic heterocycles. The number of carboxylic acid groups (broad SMARTS) is 1. The maximum Gasteiger partial charge on any atom is 0.317 e. The smallest absolute Gasteiger partial charge is 0.317 e. The standard InChI is InChI=1S/C14H26N2O5/c1-14(12(17)18)6-4-5-11(14)15-13(19)16(7-9-20-2)8-10-21-3/h11H,4-10H2,1-3H3,(H,15,19)(H,17,18). The summed E-state index contributed by atoms with van der Waals surface area (Å²) in [4.78, 5) is 25.3. The number of carboxylic acids is 1. The minimum atomic E-state index is -0.885. The molecule has 7 heteroatoms. The van der Waals surface area contributed by atoms with Gasteiger partial charge in [0.1, 0.15) is 0 Å². The van der Waals surface area contributed by atoms with Gasteiger partial charge in [0, 0.05) is 33.4 Å². The van der Waals surface area contributed by atoms with E-state index in [1.807, 2.05) is 0 Å². The highest BCUT2D eigenvalue weighted by Gasteiger charge is 2.46. The monoisotopic (exact) mass is 302 g/mol. The number of aliphatic carboxylic acids is 1. The quantitative estimate of drug-likeness (QED) is 0.696. The number of urea groups is 1. The number of methoxy groups -OCH3 is 2. The van der Waals surface area contributed by atoms with E-state index in [2.05, 4.69) is 5.32 Å². The lowest BCUT2D eigenvalue weighted by Gasteiger charge is -2.31. The summed E-state index contributed by atoms with van der Waals surface area (Å²) in [6.07, 6.45) is 2.09. The van der Waals surface area contributed by atoms with Crippen LogP contribution >= 0.6 is 0 Å². The van der Waals surface area contributed by atoms with Crippen LogP contribution in [0.25, 0.3) is 0 Å². The highest BCUT2D eigenvalue weighted by atomic mass is 16.5. The van der Waals surface area contributed by atoms with Crippen LogP contribution in [0.15, 0.2) is 0 Å². The summed E-state index contributed by atoms with van der Waals surface area (Å²) in [6.45, 7) is 3.45. The molecule has 0 saturated heterocycles. The Kier molecular flexibility index (Phi) is 6.91. The summed E-state index contributed by atoms with van der Waals surface area (Å²) < 4.78 is 9.99. The third-order valence-electron chi connectivity index (χ3n) is 4.16. The molecular formula is C14H26N2O5. The van der Waals surface area contributed by atoms with E-state index in [1.54, 1.807) is 26.0 Å². The number of ether oxygens (including phenoxy) is 2. The Hall–Kier alpha value is -1.34. The molecule has 0 bridgehead atoms. The molecule has 0 radical (unpaired) electrons. The predicted molar refractivity (Wildman–Crippen MR) is 77.2 cm³/mol.